The minimum Gasteiger partial charge on any atom is -0.353 e. The molecule has 0 bridgehead atoms. The van der Waals surface area contributed by atoms with E-state index in [1.807, 2.05) is 13.1 Å². The molecule has 4 heterocycles. The van der Waals surface area contributed by atoms with Crippen LogP contribution in [0.15, 0.2) is 18.5 Å². The standard InChI is InChI=1S/C21H32N6/c1-16-24-20(18-6-9-22-10-7-18)15-21(25-16)27-12-4-3-5-19(27)8-13-26-14-11-23-17(26)2/h11,14-15,18-19,22H,3-10,12-13H2,1-2H3/t19-/m0/s1. The monoisotopic (exact) mass is 368 g/mol. The van der Waals surface area contributed by atoms with E-state index in [1.165, 1.54) is 37.8 Å². The van der Waals surface area contributed by atoms with Gasteiger partial charge < -0.3 is 14.8 Å². The third-order valence-corrected chi connectivity index (χ3v) is 6.15. The molecule has 2 aromatic rings. The Labute approximate surface area is 162 Å². The molecule has 1 atom stereocenters. The van der Waals surface area contributed by atoms with Crippen LogP contribution in [0.4, 0.5) is 5.82 Å². The molecule has 0 aromatic carbocycles. The van der Waals surface area contributed by atoms with Crippen molar-refractivity contribution in [1.82, 2.24) is 24.8 Å². The number of nitrogens with one attached hydrogen (secondary N) is 1. The normalized spacial score (nSPS) is 21.6. The van der Waals surface area contributed by atoms with Crippen molar-refractivity contribution in [2.45, 2.75) is 70.9 Å². The van der Waals surface area contributed by atoms with E-state index in [0.29, 0.717) is 12.0 Å². The van der Waals surface area contributed by atoms with Crippen LogP contribution in [0.5, 0.6) is 0 Å². The van der Waals surface area contributed by atoms with Gasteiger partial charge in [-0.05, 0) is 65.5 Å². The second-order valence-electron chi connectivity index (χ2n) is 8.02. The number of rotatable bonds is 5. The molecule has 6 heteroatoms. The number of anilines is 1. The molecular formula is C21H32N6. The van der Waals surface area contributed by atoms with Crippen molar-refractivity contribution >= 4 is 5.82 Å². The summed E-state index contributed by atoms with van der Waals surface area (Å²) < 4.78 is 2.26. The summed E-state index contributed by atoms with van der Waals surface area (Å²) in [4.78, 5) is 16.5. The van der Waals surface area contributed by atoms with Crippen molar-refractivity contribution < 1.29 is 0 Å². The van der Waals surface area contributed by atoms with Gasteiger partial charge in [0.15, 0.2) is 0 Å². The lowest BCUT2D eigenvalue weighted by atomic mass is 9.93. The van der Waals surface area contributed by atoms with Gasteiger partial charge in [0.25, 0.3) is 0 Å². The molecule has 0 radical (unpaired) electrons. The summed E-state index contributed by atoms with van der Waals surface area (Å²) in [5, 5.41) is 3.46. The summed E-state index contributed by atoms with van der Waals surface area (Å²) in [5.41, 5.74) is 1.24. The van der Waals surface area contributed by atoms with Crippen LogP contribution in [0, 0.1) is 13.8 Å². The molecule has 0 spiro atoms. The number of hydrogen-bond donors (Lipinski definition) is 1. The third kappa shape index (κ3) is 4.32. The van der Waals surface area contributed by atoms with Gasteiger partial charge in [0.05, 0.1) is 0 Å². The van der Waals surface area contributed by atoms with E-state index in [2.05, 4.69) is 39.0 Å². The zero-order valence-corrected chi connectivity index (χ0v) is 16.7. The highest BCUT2D eigenvalue weighted by molar-refractivity contribution is 5.42. The molecule has 0 aliphatic carbocycles. The predicted octanol–water partition coefficient (Wildman–Crippen LogP) is 3.21. The molecule has 4 rings (SSSR count). The summed E-state index contributed by atoms with van der Waals surface area (Å²) in [6.45, 7) is 8.45. The summed E-state index contributed by atoms with van der Waals surface area (Å²) in [6, 6.07) is 2.83. The fourth-order valence-corrected chi connectivity index (χ4v) is 4.58. The molecule has 1 N–H and O–H groups in total. The fourth-order valence-electron chi connectivity index (χ4n) is 4.58. The second kappa shape index (κ2) is 8.38. The summed E-state index contributed by atoms with van der Waals surface area (Å²) in [7, 11) is 0. The van der Waals surface area contributed by atoms with Gasteiger partial charge in [-0.3, -0.25) is 0 Å². The Morgan fingerprint density at radius 2 is 1.96 bits per heavy atom. The number of aryl methyl sites for hydroxylation is 3. The van der Waals surface area contributed by atoms with Gasteiger partial charge >= 0.3 is 0 Å². The smallest absolute Gasteiger partial charge is 0.132 e. The average Bonchev–Trinajstić information content (AvgIpc) is 3.11. The highest BCUT2D eigenvalue weighted by Crippen LogP contribution is 2.30. The van der Waals surface area contributed by atoms with Gasteiger partial charge in [0.1, 0.15) is 17.5 Å². The number of piperidine rings is 2. The number of nitrogens with zero attached hydrogens (tertiary/aromatic N) is 5. The highest BCUT2D eigenvalue weighted by atomic mass is 15.2. The van der Waals surface area contributed by atoms with Crippen molar-refractivity contribution in [2.75, 3.05) is 24.5 Å². The molecule has 2 aliphatic rings. The molecule has 2 saturated heterocycles. The Morgan fingerprint density at radius 3 is 2.74 bits per heavy atom. The summed E-state index contributed by atoms with van der Waals surface area (Å²) >= 11 is 0. The number of hydrogen-bond acceptors (Lipinski definition) is 5. The van der Waals surface area contributed by atoms with Crippen LogP contribution in [0.25, 0.3) is 0 Å². The molecule has 146 valence electrons. The van der Waals surface area contributed by atoms with E-state index in [-0.39, 0.29) is 0 Å². The predicted molar refractivity (Wildman–Crippen MR) is 108 cm³/mol. The van der Waals surface area contributed by atoms with Gasteiger partial charge in [-0.15, -0.1) is 0 Å². The first kappa shape index (κ1) is 18.4. The first-order valence-electron chi connectivity index (χ1n) is 10.5. The lowest BCUT2D eigenvalue weighted by Gasteiger charge is -2.37. The highest BCUT2D eigenvalue weighted by Gasteiger charge is 2.26. The van der Waals surface area contributed by atoms with Gasteiger partial charge in [0, 0.05) is 49.2 Å². The van der Waals surface area contributed by atoms with E-state index in [9.17, 15) is 0 Å². The first-order valence-corrected chi connectivity index (χ1v) is 10.5. The molecule has 27 heavy (non-hydrogen) atoms. The minimum absolute atomic E-state index is 0.552. The number of imidazole rings is 1. The van der Waals surface area contributed by atoms with E-state index < -0.39 is 0 Å². The second-order valence-corrected chi connectivity index (χ2v) is 8.02. The maximum atomic E-state index is 4.85. The Bertz CT molecular complexity index is 749. The van der Waals surface area contributed by atoms with Crippen LogP contribution in [0.1, 0.15) is 61.8 Å². The zero-order valence-electron chi connectivity index (χ0n) is 16.7. The largest absolute Gasteiger partial charge is 0.353 e. The average molecular weight is 369 g/mol. The first-order chi connectivity index (χ1) is 13.2. The van der Waals surface area contributed by atoms with Gasteiger partial charge in [-0.1, -0.05) is 0 Å². The molecule has 6 nitrogen and oxygen atoms in total. The van der Waals surface area contributed by atoms with Gasteiger partial charge in [-0.2, -0.15) is 0 Å². The molecule has 0 unspecified atom stereocenters. The van der Waals surface area contributed by atoms with Crippen molar-refractivity contribution in [1.29, 1.82) is 0 Å². The SMILES string of the molecule is Cc1nc(C2CCNCC2)cc(N2CCCC[C@H]2CCn2ccnc2C)n1. The van der Waals surface area contributed by atoms with Crippen LogP contribution in [-0.2, 0) is 6.54 Å². The summed E-state index contributed by atoms with van der Waals surface area (Å²) in [5.74, 6) is 3.73. The molecule has 2 aliphatic heterocycles. The quantitative estimate of drug-likeness (QED) is 0.878. The molecular weight excluding hydrogens is 336 g/mol. The van der Waals surface area contributed by atoms with Gasteiger partial charge in [0.2, 0.25) is 0 Å². The van der Waals surface area contributed by atoms with E-state index >= 15 is 0 Å². The minimum atomic E-state index is 0.552. The van der Waals surface area contributed by atoms with Crippen LogP contribution in [0.2, 0.25) is 0 Å². The lowest BCUT2D eigenvalue weighted by Crippen LogP contribution is -2.41. The Balaban J connectivity index is 1.52. The maximum absolute atomic E-state index is 4.85. The number of aromatic nitrogens is 4. The van der Waals surface area contributed by atoms with Crippen molar-refractivity contribution in [2.24, 2.45) is 0 Å². The van der Waals surface area contributed by atoms with Gasteiger partial charge in [-0.25, -0.2) is 15.0 Å². The lowest BCUT2D eigenvalue weighted by molar-refractivity contribution is 0.411. The fraction of sp³-hybridized carbons (Fsp3) is 0.667. The molecule has 2 aromatic heterocycles. The topological polar surface area (TPSA) is 58.9 Å². The Kier molecular flexibility index (Phi) is 5.72. The molecule has 0 saturated carbocycles. The van der Waals surface area contributed by atoms with E-state index in [1.54, 1.807) is 0 Å². The van der Waals surface area contributed by atoms with Crippen LogP contribution >= 0.6 is 0 Å². The van der Waals surface area contributed by atoms with E-state index in [0.717, 1.165) is 50.1 Å². The van der Waals surface area contributed by atoms with Crippen LogP contribution in [0.3, 0.4) is 0 Å². The van der Waals surface area contributed by atoms with Crippen molar-refractivity contribution in [3.8, 4) is 0 Å². The van der Waals surface area contributed by atoms with Crippen LogP contribution in [-0.4, -0.2) is 45.2 Å². The Hall–Kier alpha value is -1.95. The molecule has 2 fully saturated rings. The van der Waals surface area contributed by atoms with E-state index in [4.69, 9.17) is 9.97 Å². The summed E-state index contributed by atoms with van der Waals surface area (Å²) in [6.07, 6.45) is 11.3. The zero-order chi connectivity index (χ0) is 18.6. The van der Waals surface area contributed by atoms with Crippen molar-refractivity contribution in [3.63, 3.8) is 0 Å². The maximum Gasteiger partial charge on any atom is 0.132 e. The Morgan fingerprint density at radius 1 is 1.11 bits per heavy atom. The van der Waals surface area contributed by atoms with Crippen LogP contribution < -0.4 is 10.2 Å². The molecule has 0 amide bonds. The third-order valence-electron chi connectivity index (χ3n) is 6.15. The van der Waals surface area contributed by atoms with Crippen molar-refractivity contribution in [3.05, 3.63) is 35.8 Å².